The molecule has 9 nitrogen and oxygen atoms in total. The minimum atomic E-state index is -0.673. The lowest BCUT2D eigenvalue weighted by Gasteiger charge is -2.08. The Morgan fingerprint density at radius 1 is 0.617 bits per heavy atom. The minimum Gasteiger partial charge on any atom is -0.423 e. The number of carbonyl (C=O) groups excluding carboxylic acids is 4. The van der Waals surface area contributed by atoms with Crippen LogP contribution in [0.5, 0.6) is 11.5 Å². The molecule has 2 N–H and O–H groups in total. The number of amides is 2. The zero-order valence-electron chi connectivity index (χ0n) is 25.3. The van der Waals surface area contributed by atoms with Crippen LogP contribution in [0.25, 0.3) is 6.08 Å². The second-order valence-electron chi connectivity index (χ2n) is 10.2. The number of ether oxygens (including phenoxy) is 2. The van der Waals surface area contributed by atoms with Crippen molar-refractivity contribution in [1.82, 2.24) is 5.43 Å². The third-order valence-corrected chi connectivity index (χ3v) is 6.71. The van der Waals surface area contributed by atoms with Crippen molar-refractivity contribution < 1.29 is 28.7 Å². The van der Waals surface area contributed by atoms with Gasteiger partial charge in [0.15, 0.2) is 0 Å². The van der Waals surface area contributed by atoms with E-state index in [1.54, 1.807) is 115 Å². The molecule has 0 aliphatic heterocycles. The third-order valence-electron chi connectivity index (χ3n) is 6.71. The Morgan fingerprint density at radius 3 is 1.98 bits per heavy atom. The summed E-state index contributed by atoms with van der Waals surface area (Å²) in [5.41, 5.74) is 6.18. The van der Waals surface area contributed by atoms with Gasteiger partial charge in [-0.3, -0.25) is 9.59 Å². The average molecular weight is 624 g/mol. The van der Waals surface area contributed by atoms with Gasteiger partial charge in [0.2, 0.25) is 0 Å². The zero-order valence-corrected chi connectivity index (χ0v) is 25.3. The number of hydrazone groups is 1. The molecule has 0 aliphatic rings. The highest BCUT2D eigenvalue weighted by atomic mass is 16.5. The quantitative estimate of drug-likeness (QED) is 0.0577. The number of para-hydroxylation sites is 2. The third kappa shape index (κ3) is 8.96. The van der Waals surface area contributed by atoms with Gasteiger partial charge in [0.25, 0.3) is 11.8 Å². The molecule has 5 rings (SSSR count). The molecule has 0 radical (unpaired) electrons. The molecule has 0 saturated carbocycles. The van der Waals surface area contributed by atoms with Gasteiger partial charge in [0.1, 0.15) is 11.5 Å². The lowest BCUT2D eigenvalue weighted by atomic mass is 10.1. The Kier molecular flexibility index (Phi) is 10.4. The van der Waals surface area contributed by atoms with Crippen LogP contribution in [0.2, 0.25) is 0 Å². The van der Waals surface area contributed by atoms with Crippen LogP contribution < -0.4 is 20.2 Å². The van der Waals surface area contributed by atoms with Crippen LogP contribution in [0.4, 0.5) is 5.69 Å². The molecular weight excluding hydrogens is 594 g/mol. The van der Waals surface area contributed by atoms with Crippen LogP contribution in [0.15, 0.2) is 139 Å². The molecule has 0 aromatic heterocycles. The van der Waals surface area contributed by atoms with Crippen LogP contribution in [-0.4, -0.2) is 30.0 Å². The van der Waals surface area contributed by atoms with Crippen molar-refractivity contribution in [3.63, 3.8) is 0 Å². The smallest absolute Gasteiger partial charge is 0.343 e. The summed E-state index contributed by atoms with van der Waals surface area (Å²) in [7, 11) is 0. The predicted molar refractivity (Wildman–Crippen MR) is 180 cm³/mol. The van der Waals surface area contributed by atoms with E-state index in [0.29, 0.717) is 33.5 Å². The summed E-state index contributed by atoms with van der Waals surface area (Å²) < 4.78 is 11.0. The van der Waals surface area contributed by atoms with Crippen LogP contribution >= 0.6 is 0 Å². The number of nitrogens with one attached hydrogen (secondary N) is 2. The monoisotopic (exact) mass is 623 g/mol. The molecule has 47 heavy (non-hydrogen) atoms. The number of aryl methyl sites for hydroxylation is 1. The van der Waals surface area contributed by atoms with Gasteiger partial charge in [0.05, 0.1) is 11.8 Å². The van der Waals surface area contributed by atoms with Crippen molar-refractivity contribution in [3.8, 4) is 11.5 Å². The number of nitrogens with zero attached hydrogens (tertiary/aromatic N) is 1. The maximum atomic E-state index is 12.7. The maximum Gasteiger partial charge on any atom is 0.343 e. The van der Waals surface area contributed by atoms with Crippen LogP contribution in [0, 0.1) is 6.92 Å². The number of anilines is 1. The molecule has 0 fully saturated rings. The molecule has 232 valence electrons. The van der Waals surface area contributed by atoms with Gasteiger partial charge in [-0.2, -0.15) is 5.10 Å². The maximum absolute atomic E-state index is 12.7. The van der Waals surface area contributed by atoms with Crippen molar-refractivity contribution in [1.29, 1.82) is 0 Å². The number of carbonyl (C=O) groups is 4. The molecular formula is C38H29N3O6. The van der Waals surface area contributed by atoms with Crippen molar-refractivity contribution in [2.24, 2.45) is 5.10 Å². The first-order valence-electron chi connectivity index (χ1n) is 14.5. The van der Waals surface area contributed by atoms with E-state index in [4.69, 9.17) is 9.47 Å². The van der Waals surface area contributed by atoms with E-state index in [1.807, 2.05) is 19.1 Å². The van der Waals surface area contributed by atoms with Crippen molar-refractivity contribution >= 4 is 41.7 Å². The lowest BCUT2D eigenvalue weighted by Crippen LogP contribution is -2.18. The topological polar surface area (TPSA) is 123 Å². The fraction of sp³-hybridized carbons (Fsp3) is 0.0263. The molecule has 0 bridgehead atoms. The summed E-state index contributed by atoms with van der Waals surface area (Å²) in [6, 6.07) is 35.7. The zero-order chi connectivity index (χ0) is 33.0. The Bertz CT molecular complexity index is 1970. The Morgan fingerprint density at radius 2 is 1.26 bits per heavy atom. The first-order chi connectivity index (χ1) is 22.9. The molecule has 9 heteroatoms. The molecule has 0 saturated heterocycles. The second kappa shape index (κ2) is 15.4. The van der Waals surface area contributed by atoms with Crippen molar-refractivity contribution in [2.75, 3.05) is 5.32 Å². The first-order valence-corrected chi connectivity index (χ1v) is 14.5. The van der Waals surface area contributed by atoms with Crippen LogP contribution in [-0.2, 0) is 4.79 Å². The van der Waals surface area contributed by atoms with Gasteiger partial charge < -0.3 is 14.8 Å². The predicted octanol–water partition coefficient (Wildman–Crippen LogP) is 6.85. The van der Waals surface area contributed by atoms with E-state index in [1.165, 1.54) is 18.4 Å². The molecule has 2 amide bonds. The first kappa shape index (κ1) is 31.8. The van der Waals surface area contributed by atoms with Crippen LogP contribution in [0.1, 0.15) is 47.8 Å². The summed E-state index contributed by atoms with van der Waals surface area (Å²) in [5, 5.41) is 6.82. The van der Waals surface area contributed by atoms with Gasteiger partial charge in [-0.25, -0.2) is 15.0 Å². The summed E-state index contributed by atoms with van der Waals surface area (Å²) in [6.45, 7) is 1.91. The molecule has 0 heterocycles. The fourth-order valence-corrected chi connectivity index (χ4v) is 4.34. The minimum absolute atomic E-state index is 0.220. The van der Waals surface area contributed by atoms with E-state index in [-0.39, 0.29) is 17.4 Å². The number of esters is 2. The molecule has 0 unspecified atom stereocenters. The molecule has 5 aromatic rings. The Balaban J connectivity index is 1.17. The van der Waals surface area contributed by atoms with Gasteiger partial charge in [0, 0.05) is 34.0 Å². The van der Waals surface area contributed by atoms with Gasteiger partial charge in [-0.1, -0.05) is 66.2 Å². The van der Waals surface area contributed by atoms with E-state index >= 15 is 0 Å². The van der Waals surface area contributed by atoms with Gasteiger partial charge >= 0.3 is 11.9 Å². The lowest BCUT2D eigenvalue weighted by molar-refractivity contribution is -0.128. The standard InChI is InChI=1S/C38H29N3O6/c1-26-10-9-15-30(24-26)36(43)40-32-21-18-28(19-22-32)37(44)41-39-25-31-14-6-8-17-34(31)46-35(42)23-20-27-11-5-7-16-33(27)47-38(45)29-12-3-2-4-13-29/h2-25H,1H3,(H,40,43)(H,41,44)/b23-20+,39-25+. The average Bonchev–Trinajstić information content (AvgIpc) is 3.09. The highest BCUT2D eigenvalue weighted by Crippen LogP contribution is 2.22. The molecule has 5 aromatic carbocycles. The highest BCUT2D eigenvalue weighted by Gasteiger charge is 2.12. The van der Waals surface area contributed by atoms with E-state index in [2.05, 4.69) is 15.8 Å². The normalized spacial score (nSPS) is 10.8. The number of rotatable bonds is 10. The molecule has 0 atom stereocenters. The number of benzene rings is 5. The fourth-order valence-electron chi connectivity index (χ4n) is 4.34. The van der Waals surface area contributed by atoms with Crippen molar-refractivity contribution in [3.05, 3.63) is 167 Å². The highest BCUT2D eigenvalue weighted by molar-refractivity contribution is 6.04. The summed E-state index contributed by atoms with van der Waals surface area (Å²) in [6.07, 6.45) is 4.07. The summed E-state index contributed by atoms with van der Waals surface area (Å²) >= 11 is 0. The largest absolute Gasteiger partial charge is 0.423 e. The van der Waals surface area contributed by atoms with Gasteiger partial charge in [-0.15, -0.1) is 0 Å². The number of hydrogen-bond acceptors (Lipinski definition) is 7. The Hall–Kier alpha value is -6.61. The van der Waals surface area contributed by atoms with E-state index in [9.17, 15) is 19.2 Å². The second-order valence-corrected chi connectivity index (χ2v) is 10.2. The van der Waals surface area contributed by atoms with Gasteiger partial charge in [-0.05, 0) is 79.7 Å². The van der Waals surface area contributed by atoms with Crippen LogP contribution in [0.3, 0.4) is 0 Å². The summed E-state index contributed by atoms with van der Waals surface area (Å²) in [5.74, 6) is -1.41. The summed E-state index contributed by atoms with van der Waals surface area (Å²) in [4.78, 5) is 50.3. The molecule has 0 aliphatic carbocycles. The molecule has 0 spiro atoms. The van der Waals surface area contributed by atoms with Crippen molar-refractivity contribution in [2.45, 2.75) is 6.92 Å². The number of hydrogen-bond donors (Lipinski definition) is 2. The Labute approximate surface area is 271 Å². The van der Waals surface area contributed by atoms with E-state index < -0.39 is 17.8 Å². The SMILES string of the molecule is Cc1cccc(C(=O)Nc2ccc(C(=O)N/N=C/c3ccccc3OC(=O)/C=C/c3ccccc3OC(=O)c3ccccc3)cc2)c1. The van der Waals surface area contributed by atoms with E-state index in [0.717, 1.165) is 5.56 Å².